The van der Waals surface area contributed by atoms with Crippen LogP contribution < -0.4 is 0 Å². The van der Waals surface area contributed by atoms with E-state index in [0.29, 0.717) is 24.1 Å². The molecule has 3 atom stereocenters. The van der Waals surface area contributed by atoms with Crippen molar-refractivity contribution in [2.24, 2.45) is 0 Å². The van der Waals surface area contributed by atoms with Crippen LogP contribution in [0.5, 0.6) is 0 Å². The van der Waals surface area contributed by atoms with Crippen LogP contribution in [0.1, 0.15) is 130 Å². The van der Waals surface area contributed by atoms with Crippen molar-refractivity contribution in [2.75, 3.05) is 26.2 Å². The van der Waals surface area contributed by atoms with Crippen molar-refractivity contribution in [3.05, 3.63) is 0 Å². The number of rotatable bonds is 23. The molecular weight excluding hydrogens is 386 g/mol. The Balaban J connectivity index is 3.78. The van der Waals surface area contributed by atoms with Crippen LogP contribution in [0.25, 0.3) is 0 Å². The fourth-order valence-corrected chi connectivity index (χ4v) is 5.17. The predicted molar refractivity (Wildman–Crippen MR) is 134 cm³/mol. The lowest BCUT2D eigenvalue weighted by atomic mass is 10.0. The third kappa shape index (κ3) is 20.2. The van der Waals surface area contributed by atoms with E-state index >= 15 is 0 Å². The van der Waals surface area contributed by atoms with E-state index in [1.54, 1.807) is 0 Å². The van der Waals surface area contributed by atoms with Crippen molar-refractivity contribution in [1.82, 2.24) is 0 Å². The van der Waals surface area contributed by atoms with Gasteiger partial charge in [-0.1, -0.05) is 96.8 Å². The highest BCUT2D eigenvalue weighted by Gasteiger charge is 2.31. The first-order valence-electron chi connectivity index (χ1n) is 13.7. The Morgan fingerprint density at radius 2 is 0.710 bits per heavy atom. The Hall–Kier alpha value is -0.160. The summed E-state index contributed by atoms with van der Waals surface area (Å²) in [5, 5.41) is 29.9. The van der Waals surface area contributed by atoms with Gasteiger partial charge in [0.15, 0.2) is 0 Å². The van der Waals surface area contributed by atoms with E-state index in [1.165, 1.54) is 96.3 Å². The van der Waals surface area contributed by atoms with Gasteiger partial charge in [-0.2, -0.15) is 0 Å². The van der Waals surface area contributed by atoms with E-state index in [1.807, 2.05) is 20.8 Å². The Labute approximate surface area is 195 Å². The molecule has 0 radical (unpaired) electrons. The van der Waals surface area contributed by atoms with Gasteiger partial charge in [0.1, 0.15) is 37.9 Å². The van der Waals surface area contributed by atoms with Crippen LogP contribution in [-0.4, -0.2) is 64.3 Å². The fraction of sp³-hybridized carbons (Fsp3) is 1.00. The number of nitrogens with zero attached hydrogens (tertiary/aromatic N) is 1. The van der Waals surface area contributed by atoms with E-state index in [-0.39, 0.29) is 0 Å². The summed E-state index contributed by atoms with van der Waals surface area (Å²) < 4.78 is 0.617. The van der Waals surface area contributed by atoms with Gasteiger partial charge in [0, 0.05) is 0 Å². The highest BCUT2D eigenvalue weighted by Crippen LogP contribution is 2.17. The lowest BCUT2D eigenvalue weighted by Gasteiger charge is -2.41. The smallest absolute Gasteiger partial charge is 0.105 e. The van der Waals surface area contributed by atoms with Crippen LogP contribution in [0.3, 0.4) is 0 Å². The predicted octanol–water partition coefficient (Wildman–Crippen LogP) is 6.21. The third-order valence-electron chi connectivity index (χ3n) is 6.44. The molecule has 0 saturated carbocycles. The summed E-state index contributed by atoms with van der Waals surface area (Å²) in [4.78, 5) is 0. The topological polar surface area (TPSA) is 60.7 Å². The van der Waals surface area contributed by atoms with Gasteiger partial charge in [0.2, 0.25) is 0 Å². The van der Waals surface area contributed by atoms with Crippen LogP contribution >= 0.6 is 0 Å². The Morgan fingerprint density at radius 1 is 0.452 bits per heavy atom. The molecule has 0 bridgehead atoms. The van der Waals surface area contributed by atoms with Crippen LogP contribution in [-0.2, 0) is 0 Å². The third-order valence-corrected chi connectivity index (χ3v) is 6.44. The van der Waals surface area contributed by atoms with Gasteiger partial charge in [0.25, 0.3) is 0 Å². The standard InChI is InChI=1S/C27H58NO3/c1-5-6-7-8-9-10-11-12-13-14-15-16-17-18-19-20-21-28(22-25(2)29,23-26(3)30)24-27(4)31/h25-27,29-31H,5-24H2,1-4H3/q+1. The van der Waals surface area contributed by atoms with E-state index in [9.17, 15) is 15.3 Å². The highest BCUT2D eigenvalue weighted by atomic mass is 16.3. The minimum absolute atomic E-state index is 0.418. The molecule has 4 nitrogen and oxygen atoms in total. The molecule has 0 saturated heterocycles. The normalized spacial score (nSPS) is 16.7. The minimum Gasteiger partial charge on any atom is -0.388 e. The van der Waals surface area contributed by atoms with Gasteiger partial charge in [-0.25, -0.2) is 0 Å². The molecule has 0 aliphatic heterocycles. The van der Waals surface area contributed by atoms with Crippen LogP contribution in [0.2, 0.25) is 0 Å². The molecule has 3 N–H and O–H groups in total. The molecule has 0 heterocycles. The average Bonchev–Trinajstić information content (AvgIpc) is 2.66. The van der Waals surface area contributed by atoms with E-state index in [2.05, 4.69) is 6.92 Å². The zero-order chi connectivity index (χ0) is 23.4. The molecule has 0 aromatic rings. The molecular formula is C27H58NO3+. The molecule has 0 fully saturated rings. The first kappa shape index (κ1) is 30.8. The largest absolute Gasteiger partial charge is 0.388 e. The number of quaternary nitrogens is 1. The Bertz CT molecular complexity index is 345. The van der Waals surface area contributed by atoms with Crippen molar-refractivity contribution >= 4 is 0 Å². The number of hydrogen-bond donors (Lipinski definition) is 3. The SMILES string of the molecule is CCCCCCCCCCCCCCCCCC[N+](CC(C)O)(CC(C)O)CC(C)O. The van der Waals surface area contributed by atoms with E-state index in [0.717, 1.165) is 13.0 Å². The zero-order valence-electron chi connectivity index (χ0n) is 21.7. The van der Waals surface area contributed by atoms with Crippen LogP contribution in [0.15, 0.2) is 0 Å². The van der Waals surface area contributed by atoms with Gasteiger partial charge in [-0.3, -0.25) is 0 Å². The maximum absolute atomic E-state index is 9.97. The number of aliphatic hydroxyl groups excluding tert-OH is 3. The van der Waals surface area contributed by atoms with Gasteiger partial charge < -0.3 is 19.8 Å². The van der Waals surface area contributed by atoms with E-state index < -0.39 is 18.3 Å². The molecule has 3 unspecified atom stereocenters. The second-order valence-electron chi connectivity index (χ2n) is 10.5. The molecule has 0 aromatic carbocycles. The quantitative estimate of drug-likeness (QED) is 0.130. The van der Waals surface area contributed by atoms with Crippen molar-refractivity contribution in [2.45, 2.75) is 149 Å². The summed E-state index contributed by atoms with van der Waals surface area (Å²) in [6.45, 7) is 10.5. The van der Waals surface area contributed by atoms with Gasteiger partial charge in [-0.15, -0.1) is 0 Å². The Morgan fingerprint density at radius 3 is 0.968 bits per heavy atom. The second-order valence-corrected chi connectivity index (χ2v) is 10.5. The Kier molecular flexibility index (Phi) is 20.3. The van der Waals surface area contributed by atoms with Crippen LogP contribution in [0, 0.1) is 0 Å². The molecule has 4 heteroatoms. The number of hydrogen-bond acceptors (Lipinski definition) is 3. The number of unbranched alkanes of at least 4 members (excludes halogenated alkanes) is 15. The summed E-state index contributed by atoms with van der Waals surface area (Å²) in [5.41, 5.74) is 0. The average molecular weight is 445 g/mol. The highest BCUT2D eigenvalue weighted by molar-refractivity contribution is 4.58. The molecule has 0 aliphatic carbocycles. The lowest BCUT2D eigenvalue weighted by Crippen LogP contribution is -2.58. The molecule has 188 valence electrons. The summed E-state index contributed by atoms with van der Waals surface area (Å²) in [6.07, 6.45) is 20.5. The molecule has 0 spiro atoms. The summed E-state index contributed by atoms with van der Waals surface area (Å²) in [6, 6.07) is 0. The van der Waals surface area contributed by atoms with Gasteiger partial charge >= 0.3 is 0 Å². The summed E-state index contributed by atoms with van der Waals surface area (Å²) >= 11 is 0. The first-order chi connectivity index (χ1) is 14.8. The number of aliphatic hydroxyl groups is 3. The van der Waals surface area contributed by atoms with Gasteiger partial charge in [0.05, 0.1) is 6.54 Å². The first-order valence-corrected chi connectivity index (χ1v) is 13.7. The fourth-order valence-electron chi connectivity index (χ4n) is 5.17. The van der Waals surface area contributed by atoms with Crippen molar-refractivity contribution < 1.29 is 19.8 Å². The summed E-state index contributed by atoms with van der Waals surface area (Å²) in [7, 11) is 0. The maximum atomic E-state index is 9.97. The van der Waals surface area contributed by atoms with E-state index in [4.69, 9.17) is 0 Å². The summed E-state index contributed by atoms with van der Waals surface area (Å²) in [5.74, 6) is 0. The minimum atomic E-state index is -0.418. The molecule has 0 rings (SSSR count). The lowest BCUT2D eigenvalue weighted by molar-refractivity contribution is -0.936. The molecule has 0 aromatic heterocycles. The van der Waals surface area contributed by atoms with Gasteiger partial charge in [-0.05, 0) is 33.6 Å². The van der Waals surface area contributed by atoms with Crippen molar-refractivity contribution in [3.8, 4) is 0 Å². The van der Waals surface area contributed by atoms with Crippen LogP contribution in [0.4, 0.5) is 0 Å². The molecule has 0 amide bonds. The second kappa shape index (κ2) is 20.4. The monoisotopic (exact) mass is 444 g/mol. The van der Waals surface area contributed by atoms with Crippen molar-refractivity contribution in [3.63, 3.8) is 0 Å². The molecule has 0 aliphatic rings. The molecule has 31 heavy (non-hydrogen) atoms. The zero-order valence-corrected chi connectivity index (χ0v) is 21.7. The maximum Gasteiger partial charge on any atom is 0.105 e. The van der Waals surface area contributed by atoms with Crippen molar-refractivity contribution in [1.29, 1.82) is 0 Å².